The van der Waals surface area contributed by atoms with E-state index in [0.717, 1.165) is 11.0 Å². The minimum atomic E-state index is -0.490. The molecule has 0 aromatic heterocycles. The smallest absolute Gasteiger partial charge is 0.399 e. The first-order chi connectivity index (χ1) is 8.27. The molecule has 0 spiro atoms. The second-order valence-electron chi connectivity index (χ2n) is 5.59. The van der Waals surface area contributed by atoms with Gasteiger partial charge in [0.15, 0.2) is 0 Å². The molecule has 18 heavy (non-hydrogen) atoms. The maximum atomic E-state index is 9.38. The average Bonchev–Trinajstić information content (AvgIpc) is 2.48. The zero-order chi connectivity index (χ0) is 13.6. The molecular formula is C13H18BClO3. The van der Waals surface area contributed by atoms with E-state index in [2.05, 4.69) is 0 Å². The van der Waals surface area contributed by atoms with Crippen LogP contribution < -0.4 is 5.46 Å². The first-order valence-corrected chi connectivity index (χ1v) is 6.39. The van der Waals surface area contributed by atoms with Crippen LogP contribution in [0.5, 0.6) is 0 Å². The molecule has 2 rings (SSSR count). The molecule has 1 heterocycles. The summed E-state index contributed by atoms with van der Waals surface area (Å²) in [5, 5.41) is 9.98. The number of aliphatic hydroxyl groups excluding tert-OH is 1. The number of rotatable bonds is 2. The SMILES string of the molecule is CC1(C)OB(c2cc(Cl)ccc2CO)OC1(C)C. The van der Waals surface area contributed by atoms with Gasteiger partial charge in [-0.3, -0.25) is 0 Å². The third-order valence-corrected chi connectivity index (χ3v) is 4.02. The number of hydrogen-bond donors (Lipinski definition) is 1. The summed E-state index contributed by atoms with van der Waals surface area (Å²) in [6.45, 7) is 7.93. The third-order valence-electron chi connectivity index (χ3n) is 3.79. The van der Waals surface area contributed by atoms with Crippen molar-refractivity contribution < 1.29 is 14.4 Å². The van der Waals surface area contributed by atoms with Crippen molar-refractivity contribution in [3.05, 3.63) is 28.8 Å². The molecule has 1 aromatic carbocycles. The van der Waals surface area contributed by atoms with Gasteiger partial charge < -0.3 is 14.4 Å². The van der Waals surface area contributed by atoms with E-state index in [1.807, 2.05) is 27.7 Å². The monoisotopic (exact) mass is 268 g/mol. The summed E-state index contributed by atoms with van der Waals surface area (Å²) >= 11 is 6.00. The fourth-order valence-corrected chi connectivity index (χ4v) is 2.08. The van der Waals surface area contributed by atoms with Crippen LogP contribution in [0.2, 0.25) is 5.02 Å². The molecular weight excluding hydrogens is 250 g/mol. The van der Waals surface area contributed by atoms with E-state index in [9.17, 15) is 5.11 Å². The van der Waals surface area contributed by atoms with Crippen LogP contribution in [-0.2, 0) is 15.9 Å². The van der Waals surface area contributed by atoms with E-state index in [4.69, 9.17) is 20.9 Å². The molecule has 1 aromatic rings. The van der Waals surface area contributed by atoms with Gasteiger partial charge >= 0.3 is 7.12 Å². The Morgan fingerprint density at radius 1 is 1.17 bits per heavy atom. The van der Waals surface area contributed by atoms with Gasteiger partial charge in [0.05, 0.1) is 17.8 Å². The van der Waals surface area contributed by atoms with Crippen molar-refractivity contribution in [1.82, 2.24) is 0 Å². The Balaban J connectivity index is 2.37. The quantitative estimate of drug-likeness (QED) is 0.835. The normalized spacial score (nSPS) is 21.3. The maximum absolute atomic E-state index is 9.38. The van der Waals surface area contributed by atoms with Crippen LogP contribution in [-0.4, -0.2) is 23.4 Å². The molecule has 5 heteroatoms. The molecule has 3 nitrogen and oxygen atoms in total. The zero-order valence-electron chi connectivity index (χ0n) is 11.2. The molecule has 0 unspecified atom stereocenters. The van der Waals surface area contributed by atoms with Gasteiger partial charge in [-0.05, 0) is 50.9 Å². The Hall–Kier alpha value is -0.545. The molecule has 0 amide bonds. The zero-order valence-corrected chi connectivity index (χ0v) is 11.9. The number of benzene rings is 1. The van der Waals surface area contributed by atoms with Crippen LogP contribution in [0.4, 0.5) is 0 Å². The Labute approximate surface area is 113 Å². The summed E-state index contributed by atoms with van der Waals surface area (Å²) in [5.41, 5.74) is 0.779. The van der Waals surface area contributed by atoms with Crippen LogP contribution >= 0.6 is 11.6 Å². The highest BCUT2D eigenvalue weighted by Gasteiger charge is 2.52. The van der Waals surface area contributed by atoms with E-state index in [1.54, 1.807) is 18.2 Å². The van der Waals surface area contributed by atoms with Crippen LogP contribution in [0, 0.1) is 0 Å². The molecule has 98 valence electrons. The summed E-state index contributed by atoms with van der Waals surface area (Å²) < 4.78 is 11.9. The van der Waals surface area contributed by atoms with Gasteiger partial charge in [0, 0.05) is 5.02 Å². The van der Waals surface area contributed by atoms with Gasteiger partial charge in [0.25, 0.3) is 0 Å². The fraction of sp³-hybridized carbons (Fsp3) is 0.538. The maximum Gasteiger partial charge on any atom is 0.495 e. The molecule has 1 aliphatic rings. The van der Waals surface area contributed by atoms with E-state index >= 15 is 0 Å². The molecule has 1 aliphatic heterocycles. The standard InChI is InChI=1S/C13H18BClO3/c1-12(2)13(3,4)18-14(17-12)11-7-10(15)6-5-9(11)8-16/h5-7,16H,8H2,1-4H3. The van der Waals surface area contributed by atoms with E-state index in [-0.39, 0.29) is 6.61 Å². The highest BCUT2D eigenvalue weighted by molar-refractivity contribution is 6.63. The molecule has 1 N–H and O–H groups in total. The van der Waals surface area contributed by atoms with E-state index < -0.39 is 18.3 Å². The largest absolute Gasteiger partial charge is 0.495 e. The first kappa shape index (κ1) is 13.9. The highest BCUT2D eigenvalue weighted by atomic mass is 35.5. The predicted molar refractivity (Wildman–Crippen MR) is 73.1 cm³/mol. The van der Waals surface area contributed by atoms with E-state index in [0.29, 0.717) is 5.02 Å². The number of halogens is 1. The van der Waals surface area contributed by atoms with Crippen molar-refractivity contribution in [3.63, 3.8) is 0 Å². The lowest BCUT2D eigenvalue weighted by Gasteiger charge is -2.32. The highest BCUT2D eigenvalue weighted by Crippen LogP contribution is 2.36. The first-order valence-electron chi connectivity index (χ1n) is 6.02. The number of hydrogen-bond acceptors (Lipinski definition) is 3. The fourth-order valence-electron chi connectivity index (χ4n) is 1.90. The minimum absolute atomic E-state index is 0.0589. The van der Waals surface area contributed by atoms with E-state index in [1.165, 1.54) is 0 Å². The van der Waals surface area contributed by atoms with Crippen molar-refractivity contribution >= 4 is 24.2 Å². The molecule has 0 saturated carbocycles. The van der Waals surface area contributed by atoms with Crippen molar-refractivity contribution in [2.45, 2.75) is 45.5 Å². The van der Waals surface area contributed by atoms with Crippen LogP contribution in [0.25, 0.3) is 0 Å². The van der Waals surface area contributed by atoms with Crippen molar-refractivity contribution in [2.24, 2.45) is 0 Å². The van der Waals surface area contributed by atoms with Crippen molar-refractivity contribution in [3.8, 4) is 0 Å². The predicted octanol–water partition coefficient (Wildman–Crippen LogP) is 2.13. The second kappa shape index (κ2) is 4.53. The second-order valence-corrected chi connectivity index (χ2v) is 6.03. The van der Waals surface area contributed by atoms with Crippen molar-refractivity contribution in [1.29, 1.82) is 0 Å². The minimum Gasteiger partial charge on any atom is -0.399 e. The molecule has 0 atom stereocenters. The van der Waals surface area contributed by atoms with Crippen LogP contribution in [0.3, 0.4) is 0 Å². The lowest BCUT2D eigenvalue weighted by atomic mass is 9.76. The summed E-state index contributed by atoms with van der Waals surface area (Å²) in [7, 11) is -0.490. The summed E-state index contributed by atoms with van der Waals surface area (Å²) in [6, 6.07) is 5.33. The van der Waals surface area contributed by atoms with Gasteiger partial charge in [0.1, 0.15) is 0 Å². The molecule has 0 radical (unpaired) electrons. The van der Waals surface area contributed by atoms with Gasteiger partial charge in [0.2, 0.25) is 0 Å². The molecule has 0 bridgehead atoms. The van der Waals surface area contributed by atoms with Crippen molar-refractivity contribution in [2.75, 3.05) is 0 Å². The Kier molecular flexibility index (Phi) is 3.49. The average molecular weight is 269 g/mol. The molecule has 1 fully saturated rings. The summed E-state index contributed by atoms with van der Waals surface area (Å²) in [6.07, 6.45) is 0. The lowest BCUT2D eigenvalue weighted by molar-refractivity contribution is 0.00578. The molecule has 0 aliphatic carbocycles. The summed E-state index contributed by atoms with van der Waals surface area (Å²) in [4.78, 5) is 0. The van der Waals surface area contributed by atoms with Gasteiger partial charge in [-0.2, -0.15) is 0 Å². The van der Waals surface area contributed by atoms with Gasteiger partial charge in [-0.1, -0.05) is 17.7 Å². The third kappa shape index (κ3) is 2.30. The Bertz CT molecular complexity index is 444. The molecule has 1 saturated heterocycles. The lowest BCUT2D eigenvalue weighted by Crippen LogP contribution is -2.41. The Morgan fingerprint density at radius 3 is 2.22 bits per heavy atom. The van der Waals surface area contributed by atoms with Gasteiger partial charge in [-0.15, -0.1) is 0 Å². The van der Waals surface area contributed by atoms with Crippen LogP contribution in [0.1, 0.15) is 33.3 Å². The van der Waals surface area contributed by atoms with Gasteiger partial charge in [-0.25, -0.2) is 0 Å². The number of aliphatic hydroxyl groups is 1. The topological polar surface area (TPSA) is 38.7 Å². The Morgan fingerprint density at radius 2 is 1.72 bits per heavy atom. The van der Waals surface area contributed by atoms with Crippen LogP contribution in [0.15, 0.2) is 18.2 Å². The summed E-state index contributed by atoms with van der Waals surface area (Å²) in [5.74, 6) is 0.